The van der Waals surface area contributed by atoms with Gasteiger partial charge in [-0.25, -0.2) is 13.8 Å². The van der Waals surface area contributed by atoms with Crippen molar-refractivity contribution in [3.05, 3.63) is 111 Å². The quantitative estimate of drug-likeness (QED) is 0.340. The lowest BCUT2D eigenvalue weighted by Crippen LogP contribution is -2.26. The molecule has 5 aromatic rings. The summed E-state index contributed by atoms with van der Waals surface area (Å²) in [6, 6.07) is 18.0. The zero-order chi connectivity index (χ0) is 22.4. The van der Waals surface area contributed by atoms with Gasteiger partial charge in [0.25, 0.3) is 5.56 Å². The number of aromatic nitrogens is 3. The fraction of sp³-hybridized carbons (Fsp3) is 0.120. The fourth-order valence-electron chi connectivity index (χ4n) is 4.13. The number of fused-ring (bicyclic) bond motifs is 3. The van der Waals surface area contributed by atoms with E-state index in [2.05, 4.69) is 4.98 Å². The molecule has 0 saturated heterocycles. The molecule has 0 radical (unpaired) electrons. The highest BCUT2D eigenvalue weighted by Crippen LogP contribution is 2.30. The number of rotatable bonds is 4. The van der Waals surface area contributed by atoms with E-state index in [9.17, 15) is 13.6 Å². The van der Waals surface area contributed by atoms with Gasteiger partial charge >= 0.3 is 0 Å². The van der Waals surface area contributed by atoms with Gasteiger partial charge in [0.05, 0.1) is 24.4 Å². The monoisotopic (exact) mass is 449 g/mol. The Morgan fingerprint density at radius 2 is 1.81 bits per heavy atom. The van der Waals surface area contributed by atoms with Crippen LogP contribution in [0.3, 0.4) is 0 Å². The molecule has 0 amide bonds. The Hall–Kier alpha value is -3.51. The van der Waals surface area contributed by atoms with Gasteiger partial charge in [-0.1, -0.05) is 48.0 Å². The second-order valence-corrected chi connectivity index (χ2v) is 8.10. The summed E-state index contributed by atoms with van der Waals surface area (Å²) in [5, 5.41) is 0.744. The molecule has 0 saturated carbocycles. The van der Waals surface area contributed by atoms with Gasteiger partial charge in [-0.15, -0.1) is 0 Å². The van der Waals surface area contributed by atoms with Crippen LogP contribution in [0.4, 0.5) is 8.78 Å². The number of benzene rings is 3. The van der Waals surface area contributed by atoms with Gasteiger partial charge in [0, 0.05) is 16.0 Å². The molecule has 32 heavy (non-hydrogen) atoms. The average molecular weight is 450 g/mol. The van der Waals surface area contributed by atoms with Crippen molar-refractivity contribution < 1.29 is 8.78 Å². The van der Waals surface area contributed by atoms with Crippen LogP contribution in [0.25, 0.3) is 21.9 Å². The van der Waals surface area contributed by atoms with E-state index in [1.807, 2.05) is 37.3 Å². The molecule has 0 unspecified atom stereocenters. The smallest absolute Gasteiger partial charge is 0.278 e. The Kier molecular flexibility index (Phi) is 5.02. The lowest BCUT2D eigenvalue weighted by Gasteiger charge is -2.16. The van der Waals surface area contributed by atoms with Gasteiger partial charge in [0.15, 0.2) is 0 Å². The lowest BCUT2D eigenvalue weighted by molar-refractivity contribution is 0.597. The average Bonchev–Trinajstić information content (AvgIpc) is 3.10. The Balaban J connectivity index is 1.80. The van der Waals surface area contributed by atoms with Crippen molar-refractivity contribution in [1.29, 1.82) is 0 Å². The van der Waals surface area contributed by atoms with Crippen LogP contribution in [0.2, 0.25) is 5.02 Å². The molecular formula is C25H18ClF2N3O. The molecule has 2 aromatic heterocycles. The van der Waals surface area contributed by atoms with E-state index in [1.54, 1.807) is 16.7 Å². The highest BCUT2D eigenvalue weighted by molar-refractivity contribution is 6.31. The normalized spacial score (nSPS) is 12.5. The summed E-state index contributed by atoms with van der Waals surface area (Å²) in [6.07, 6.45) is 1.48. The summed E-state index contributed by atoms with van der Waals surface area (Å²) < 4.78 is 31.8. The molecule has 4 nitrogen and oxygen atoms in total. The van der Waals surface area contributed by atoms with Gasteiger partial charge in [-0.05, 0) is 42.8 Å². The maximum absolute atomic E-state index is 14.6. The number of nitrogens with zero attached hydrogens (tertiary/aromatic N) is 3. The van der Waals surface area contributed by atoms with Crippen molar-refractivity contribution >= 4 is 33.5 Å². The minimum atomic E-state index is -0.475. The summed E-state index contributed by atoms with van der Waals surface area (Å²) in [4.78, 5) is 18.2. The predicted octanol–water partition coefficient (Wildman–Crippen LogP) is 5.94. The molecule has 160 valence electrons. The fourth-order valence-corrected chi connectivity index (χ4v) is 4.35. The standard InChI is InChI=1S/C25H18ClF2N3O/c1-15(16-6-3-2-4-7-16)31-14-29-23-18-12-17(27)10-11-22(18)30(24(23)25(31)32)13-19-20(26)8-5-9-21(19)28/h2-12,14-15H,13H2,1H3/t15-/m1/s1. The predicted molar refractivity (Wildman–Crippen MR) is 122 cm³/mol. The van der Waals surface area contributed by atoms with Crippen molar-refractivity contribution in [3.8, 4) is 0 Å². The van der Waals surface area contributed by atoms with Crippen LogP contribution >= 0.6 is 11.6 Å². The van der Waals surface area contributed by atoms with Crippen LogP contribution in [-0.4, -0.2) is 14.1 Å². The summed E-state index contributed by atoms with van der Waals surface area (Å²) in [6.45, 7) is 1.92. The Morgan fingerprint density at radius 3 is 2.56 bits per heavy atom. The number of halogens is 3. The molecule has 0 aliphatic heterocycles. The van der Waals surface area contributed by atoms with Crippen LogP contribution < -0.4 is 5.56 Å². The zero-order valence-corrected chi connectivity index (χ0v) is 17.9. The molecule has 0 aliphatic rings. The third-order valence-electron chi connectivity index (χ3n) is 5.82. The highest BCUT2D eigenvalue weighted by atomic mass is 35.5. The summed E-state index contributed by atoms with van der Waals surface area (Å²) in [5.41, 5.74) is 2.12. The lowest BCUT2D eigenvalue weighted by atomic mass is 10.1. The Labute approximate surface area is 187 Å². The van der Waals surface area contributed by atoms with E-state index in [-0.39, 0.29) is 34.2 Å². The molecule has 0 aliphatic carbocycles. The highest BCUT2D eigenvalue weighted by Gasteiger charge is 2.21. The molecule has 0 spiro atoms. The molecule has 0 bridgehead atoms. The second-order valence-electron chi connectivity index (χ2n) is 7.69. The number of hydrogen-bond acceptors (Lipinski definition) is 2. The molecule has 7 heteroatoms. The minimum absolute atomic E-state index is 0.0117. The maximum atomic E-state index is 14.6. The van der Waals surface area contributed by atoms with Gasteiger partial charge in [-0.3, -0.25) is 9.36 Å². The summed E-state index contributed by atoms with van der Waals surface area (Å²) >= 11 is 6.26. The Bertz CT molecular complexity index is 1510. The van der Waals surface area contributed by atoms with E-state index in [0.717, 1.165) is 5.56 Å². The van der Waals surface area contributed by atoms with Gasteiger partial charge in [0.2, 0.25) is 0 Å². The van der Waals surface area contributed by atoms with E-state index in [4.69, 9.17) is 11.6 Å². The zero-order valence-electron chi connectivity index (χ0n) is 17.1. The molecule has 0 N–H and O–H groups in total. The van der Waals surface area contributed by atoms with E-state index in [1.165, 1.54) is 35.2 Å². The Morgan fingerprint density at radius 1 is 1.03 bits per heavy atom. The van der Waals surface area contributed by atoms with Crippen LogP contribution in [0.1, 0.15) is 24.1 Å². The van der Waals surface area contributed by atoms with Crippen LogP contribution in [0, 0.1) is 11.6 Å². The summed E-state index contributed by atoms with van der Waals surface area (Å²) in [7, 11) is 0. The first-order valence-corrected chi connectivity index (χ1v) is 10.5. The molecule has 5 rings (SSSR count). The van der Waals surface area contributed by atoms with Crippen LogP contribution in [-0.2, 0) is 6.54 Å². The van der Waals surface area contributed by atoms with Gasteiger partial charge < -0.3 is 4.57 Å². The molecular weight excluding hydrogens is 432 g/mol. The van der Waals surface area contributed by atoms with Crippen LogP contribution in [0.5, 0.6) is 0 Å². The molecule has 1 atom stereocenters. The van der Waals surface area contributed by atoms with Crippen LogP contribution in [0.15, 0.2) is 77.9 Å². The van der Waals surface area contributed by atoms with E-state index < -0.39 is 11.6 Å². The third-order valence-corrected chi connectivity index (χ3v) is 6.18. The molecule has 2 heterocycles. The van der Waals surface area contributed by atoms with Gasteiger partial charge in [0.1, 0.15) is 22.7 Å². The van der Waals surface area contributed by atoms with E-state index in [0.29, 0.717) is 16.4 Å². The van der Waals surface area contributed by atoms with Crippen molar-refractivity contribution in [2.45, 2.75) is 19.5 Å². The summed E-state index contributed by atoms with van der Waals surface area (Å²) in [5.74, 6) is -0.916. The third kappa shape index (κ3) is 3.28. The first-order chi connectivity index (χ1) is 15.5. The van der Waals surface area contributed by atoms with Crippen molar-refractivity contribution in [3.63, 3.8) is 0 Å². The van der Waals surface area contributed by atoms with Crippen molar-refractivity contribution in [2.75, 3.05) is 0 Å². The maximum Gasteiger partial charge on any atom is 0.278 e. The second kappa shape index (κ2) is 7.88. The number of hydrogen-bond donors (Lipinski definition) is 0. The van der Waals surface area contributed by atoms with Gasteiger partial charge in [-0.2, -0.15) is 0 Å². The van der Waals surface area contributed by atoms with Crippen molar-refractivity contribution in [2.24, 2.45) is 0 Å². The SMILES string of the molecule is C[C@H](c1ccccc1)n1cnc2c3cc(F)ccc3n(Cc3c(F)cccc3Cl)c2c1=O. The van der Waals surface area contributed by atoms with E-state index >= 15 is 0 Å². The first-order valence-electron chi connectivity index (χ1n) is 10.1. The largest absolute Gasteiger partial charge is 0.330 e. The topological polar surface area (TPSA) is 39.8 Å². The molecule has 3 aromatic carbocycles. The van der Waals surface area contributed by atoms with Crippen molar-refractivity contribution in [1.82, 2.24) is 14.1 Å². The molecule has 0 fully saturated rings. The minimum Gasteiger partial charge on any atom is -0.330 e. The first kappa shape index (κ1) is 20.4.